The Morgan fingerprint density at radius 2 is 1.23 bits per heavy atom. The number of carbonyl (C=O) groups is 2. The molecule has 17 unspecified atom stereocenters. The first kappa shape index (κ1) is 55.9. The molecule has 0 saturated carbocycles. The molecular formula is C47H73NO17. The van der Waals surface area contributed by atoms with Crippen LogP contribution in [0.3, 0.4) is 0 Å². The lowest BCUT2D eigenvalue weighted by molar-refractivity contribution is -0.308. The van der Waals surface area contributed by atoms with Crippen molar-refractivity contribution in [1.29, 1.82) is 0 Å². The standard InChI is InChI=1S/C47H73NO17/c1-27-17-15-13-11-9-7-5-6-8-10-12-14-16-18-34(64-46-44(58)41(48)43(57)30(4)63-46)24-38-40(45(59)60)37(54)26-47(61,65-38)25-33(51)22-36(53)35(52)20-19-31(49)21-32(50)23-39(55)62-29(3)28(2)42(27)56/h5-18,27-38,40-44,46,49-54,56-58,61H,19-26,48H2,1-4H3,(H,59,60)/b6-5+,9-7+,10-8+,13-11+,14-12+,17-15+,18-16+/t27?,28?,29?,30-,31?,32?,33?,34?,35?,36?,37?,38?,40?,41?,42?,43?,44?,46+,47?/m1/s1. The molecular weight excluding hydrogens is 851 g/mol. The summed E-state index contributed by atoms with van der Waals surface area (Å²) in [6, 6.07) is -1.15. The summed E-state index contributed by atoms with van der Waals surface area (Å²) in [5.41, 5.74) is 6.02. The van der Waals surface area contributed by atoms with Crippen LogP contribution in [0.1, 0.15) is 79.1 Å². The minimum Gasteiger partial charge on any atom is -0.481 e. The Kier molecular flexibility index (Phi) is 23.6. The zero-order valence-electron chi connectivity index (χ0n) is 37.6. The van der Waals surface area contributed by atoms with Gasteiger partial charge in [0, 0.05) is 37.5 Å². The molecule has 0 spiro atoms. The van der Waals surface area contributed by atoms with E-state index in [0.717, 1.165) is 0 Å². The van der Waals surface area contributed by atoms with Gasteiger partial charge in [-0.1, -0.05) is 98.9 Å². The maximum atomic E-state index is 12.6. The first-order chi connectivity index (χ1) is 30.6. The van der Waals surface area contributed by atoms with Crippen molar-refractivity contribution in [2.45, 2.75) is 177 Å². The Morgan fingerprint density at radius 1 is 0.662 bits per heavy atom. The van der Waals surface area contributed by atoms with Crippen LogP contribution in [0.25, 0.3) is 0 Å². The van der Waals surface area contributed by atoms with Crippen molar-refractivity contribution < 1.29 is 84.7 Å². The number of ether oxygens (including phenoxy) is 4. The van der Waals surface area contributed by atoms with Crippen LogP contribution in [0.2, 0.25) is 0 Å². The molecule has 2 fully saturated rings. The van der Waals surface area contributed by atoms with E-state index in [9.17, 15) is 65.8 Å². The fourth-order valence-corrected chi connectivity index (χ4v) is 7.97. The number of fused-ring (bicyclic) bond motifs is 2. The van der Waals surface area contributed by atoms with Crippen LogP contribution in [0.15, 0.2) is 85.1 Å². The van der Waals surface area contributed by atoms with E-state index in [-0.39, 0.29) is 31.6 Å². The molecule has 13 N–H and O–H groups in total. The Labute approximate surface area is 381 Å². The van der Waals surface area contributed by atoms with E-state index < -0.39 is 147 Å². The van der Waals surface area contributed by atoms with Crippen molar-refractivity contribution in [2.24, 2.45) is 23.5 Å². The summed E-state index contributed by atoms with van der Waals surface area (Å²) in [7, 11) is 0. The molecule has 3 heterocycles. The first-order valence-corrected chi connectivity index (χ1v) is 22.3. The fraction of sp³-hybridized carbons (Fsp3) is 0.660. The lowest BCUT2D eigenvalue weighted by Crippen LogP contribution is -2.61. The summed E-state index contributed by atoms with van der Waals surface area (Å²) >= 11 is 0. The average Bonchev–Trinajstić information content (AvgIpc) is 3.21. The Balaban J connectivity index is 1.86. The maximum absolute atomic E-state index is 12.6. The summed E-state index contributed by atoms with van der Waals surface area (Å²) < 4.78 is 23.1. The van der Waals surface area contributed by atoms with E-state index in [1.165, 1.54) is 13.0 Å². The molecule has 0 amide bonds. The number of hydrogen-bond donors (Lipinski definition) is 12. The third-order valence-corrected chi connectivity index (χ3v) is 12.0. The van der Waals surface area contributed by atoms with Gasteiger partial charge < -0.3 is 80.9 Å². The van der Waals surface area contributed by atoms with Crippen LogP contribution >= 0.6 is 0 Å². The average molecular weight is 924 g/mol. The van der Waals surface area contributed by atoms with Crippen molar-refractivity contribution in [2.75, 3.05) is 0 Å². The van der Waals surface area contributed by atoms with Crippen molar-refractivity contribution >= 4 is 11.9 Å². The topological polar surface area (TPSA) is 320 Å². The van der Waals surface area contributed by atoms with Crippen molar-refractivity contribution in [3.63, 3.8) is 0 Å². The minimum atomic E-state index is -2.33. The van der Waals surface area contributed by atoms with E-state index in [1.54, 1.807) is 80.7 Å². The molecule has 0 aromatic heterocycles. The predicted octanol–water partition coefficient (Wildman–Crippen LogP) is 0.712. The summed E-state index contributed by atoms with van der Waals surface area (Å²) in [5, 5.41) is 118. The molecule has 2 bridgehead atoms. The molecule has 65 heavy (non-hydrogen) atoms. The molecule has 0 aliphatic carbocycles. The molecule has 0 aromatic carbocycles. The number of esters is 1. The van der Waals surface area contributed by atoms with Gasteiger partial charge in [0.1, 0.15) is 18.1 Å². The highest BCUT2D eigenvalue weighted by molar-refractivity contribution is 5.71. The zero-order valence-corrected chi connectivity index (χ0v) is 37.6. The van der Waals surface area contributed by atoms with Gasteiger partial charge in [0.15, 0.2) is 12.1 Å². The second-order valence-electron chi connectivity index (χ2n) is 17.6. The quantitative estimate of drug-likeness (QED) is 0.174. The number of nitrogens with two attached hydrogens (primary N) is 1. The van der Waals surface area contributed by atoms with Gasteiger partial charge in [-0.05, 0) is 33.1 Å². The van der Waals surface area contributed by atoms with Crippen molar-refractivity contribution in [3.05, 3.63) is 85.1 Å². The molecule has 18 nitrogen and oxygen atoms in total. The highest BCUT2D eigenvalue weighted by Gasteiger charge is 2.51. The van der Waals surface area contributed by atoms with Gasteiger partial charge in [0.05, 0.1) is 79.6 Å². The number of aliphatic carboxylic acids is 1. The molecule has 2 saturated heterocycles. The fourth-order valence-electron chi connectivity index (χ4n) is 7.97. The van der Waals surface area contributed by atoms with Crippen LogP contribution in [0.5, 0.6) is 0 Å². The molecule has 0 aromatic rings. The summed E-state index contributed by atoms with van der Waals surface area (Å²) in [4.78, 5) is 25.1. The van der Waals surface area contributed by atoms with Gasteiger partial charge in [0.2, 0.25) is 0 Å². The molecule has 19 atom stereocenters. The largest absolute Gasteiger partial charge is 0.481 e. The van der Waals surface area contributed by atoms with Gasteiger partial charge in [-0.2, -0.15) is 0 Å². The van der Waals surface area contributed by atoms with Gasteiger partial charge in [0.25, 0.3) is 0 Å². The number of rotatable bonds is 3. The Hall–Kier alpha value is -3.44. The van der Waals surface area contributed by atoms with E-state index in [2.05, 4.69) is 0 Å². The number of hydrogen-bond acceptors (Lipinski definition) is 17. The van der Waals surface area contributed by atoms with Crippen molar-refractivity contribution in [1.82, 2.24) is 0 Å². The third-order valence-electron chi connectivity index (χ3n) is 12.0. The van der Waals surface area contributed by atoms with Gasteiger partial charge in [-0.3, -0.25) is 9.59 Å². The molecule has 368 valence electrons. The number of carboxylic acids is 1. The summed E-state index contributed by atoms with van der Waals surface area (Å²) in [5.74, 6) is -6.83. The van der Waals surface area contributed by atoms with Crippen LogP contribution in [-0.2, 0) is 28.5 Å². The lowest BCUT2D eigenvalue weighted by atomic mass is 9.82. The SMILES string of the molecule is CC1/C=C/C=C/C=C/C=C/C=C/C=C/C=C/C(O[C@@H]2O[C@H](C)C(O)C(N)C2O)CC2OC(O)(CC(O)CC(O)C(O)CCC(O)CC(O)CC(=O)OC(C)C(C)C1O)CC(O)C2C(=O)O. The van der Waals surface area contributed by atoms with Gasteiger partial charge >= 0.3 is 11.9 Å². The Morgan fingerprint density at radius 3 is 1.82 bits per heavy atom. The van der Waals surface area contributed by atoms with Crippen LogP contribution in [0, 0.1) is 17.8 Å². The number of aliphatic hydroxyl groups is 10. The summed E-state index contributed by atoms with van der Waals surface area (Å²) in [6.07, 6.45) is 3.46. The van der Waals surface area contributed by atoms with E-state index in [0.29, 0.717) is 0 Å². The number of carboxylic acid groups (broad SMARTS) is 1. The van der Waals surface area contributed by atoms with Crippen LogP contribution in [-0.4, -0.2) is 166 Å². The summed E-state index contributed by atoms with van der Waals surface area (Å²) in [6.45, 7) is 6.74. The number of carbonyl (C=O) groups excluding carboxylic acids is 1. The number of cyclic esters (lactones) is 1. The second-order valence-corrected chi connectivity index (χ2v) is 17.6. The maximum Gasteiger partial charge on any atom is 0.311 e. The minimum absolute atomic E-state index is 0.107. The molecule has 3 rings (SSSR count). The molecule has 3 aliphatic heterocycles. The van der Waals surface area contributed by atoms with Gasteiger partial charge in [-0.25, -0.2) is 0 Å². The van der Waals surface area contributed by atoms with E-state index >= 15 is 0 Å². The third kappa shape index (κ3) is 18.6. The van der Waals surface area contributed by atoms with Crippen LogP contribution in [0.4, 0.5) is 0 Å². The van der Waals surface area contributed by atoms with Crippen LogP contribution < -0.4 is 5.73 Å². The lowest BCUT2D eigenvalue weighted by Gasteiger charge is -2.45. The van der Waals surface area contributed by atoms with Gasteiger partial charge in [-0.15, -0.1) is 0 Å². The van der Waals surface area contributed by atoms with E-state index in [4.69, 9.17) is 24.7 Å². The normalized spacial score (nSPS) is 45.5. The van der Waals surface area contributed by atoms with E-state index in [1.807, 2.05) is 19.1 Å². The highest BCUT2D eigenvalue weighted by atomic mass is 16.7. The molecule has 3 aliphatic rings. The number of allylic oxidation sites excluding steroid dienone is 12. The molecule has 0 radical (unpaired) electrons. The van der Waals surface area contributed by atoms with Crippen molar-refractivity contribution in [3.8, 4) is 0 Å². The second kappa shape index (κ2) is 27.4. The monoisotopic (exact) mass is 923 g/mol. The first-order valence-electron chi connectivity index (χ1n) is 22.3. The zero-order chi connectivity index (χ0) is 48.4. The Bertz CT molecular complexity index is 1670. The highest BCUT2D eigenvalue weighted by Crippen LogP contribution is 2.38. The predicted molar refractivity (Wildman–Crippen MR) is 237 cm³/mol. The molecule has 18 heteroatoms. The number of aliphatic hydroxyl groups excluding tert-OH is 9. The smallest absolute Gasteiger partial charge is 0.311 e.